The number of hydrogen-bond donors (Lipinski definition) is 0. The molecule has 1 aromatic heterocycles. The summed E-state index contributed by atoms with van der Waals surface area (Å²) in [7, 11) is 1.61. The number of nitrogens with zero attached hydrogens (tertiary/aromatic N) is 2. The molecule has 5 nitrogen and oxygen atoms in total. The van der Waals surface area contributed by atoms with Gasteiger partial charge >= 0.3 is 5.97 Å². The summed E-state index contributed by atoms with van der Waals surface area (Å²) in [5.41, 5.74) is 1.24. The smallest absolute Gasteiger partial charge is 0.349 e. The summed E-state index contributed by atoms with van der Waals surface area (Å²) in [5.74, 6) is -0.0783. The predicted molar refractivity (Wildman–Crippen MR) is 88.3 cm³/mol. The van der Waals surface area contributed by atoms with E-state index in [1.54, 1.807) is 14.0 Å². The van der Waals surface area contributed by atoms with Crippen molar-refractivity contribution in [3.05, 3.63) is 21.4 Å². The lowest BCUT2D eigenvalue weighted by Gasteiger charge is -2.20. The van der Waals surface area contributed by atoms with Crippen molar-refractivity contribution in [2.45, 2.75) is 45.6 Å². The zero-order chi connectivity index (χ0) is 17.0. The number of rotatable bonds is 5. The zero-order valence-corrected chi connectivity index (χ0v) is 14.6. The molecule has 1 aromatic rings. The van der Waals surface area contributed by atoms with Crippen molar-refractivity contribution in [1.82, 2.24) is 4.90 Å². The molecule has 1 aliphatic rings. The average Bonchev–Trinajstić information content (AvgIpc) is 2.94. The van der Waals surface area contributed by atoms with Crippen molar-refractivity contribution in [2.24, 2.45) is 5.92 Å². The van der Waals surface area contributed by atoms with Crippen LogP contribution >= 0.6 is 11.3 Å². The van der Waals surface area contributed by atoms with E-state index < -0.39 is 12.1 Å². The van der Waals surface area contributed by atoms with E-state index in [0.29, 0.717) is 17.3 Å². The number of carbonyl (C=O) groups excluding carboxylic acids is 2. The summed E-state index contributed by atoms with van der Waals surface area (Å²) in [6.45, 7) is 4.12. The Hall–Kier alpha value is -1.87. The van der Waals surface area contributed by atoms with Crippen LogP contribution in [0.25, 0.3) is 0 Å². The van der Waals surface area contributed by atoms with Crippen LogP contribution in [0.15, 0.2) is 6.07 Å². The highest BCUT2D eigenvalue weighted by Gasteiger charge is 2.25. The molecule has 124 valence electrons. The maximum Gasteiger partial charge on any atom is 0.349 e. The van der Waals surface area contributed by atoms with Crippen LogP contribution in [0.5, 0.6) is 0 Å². The van der Waals surface area contributed by atoms with Gasteiger partial charge in [-0.15, -0.1) is 11.3 Å². The molecule has 0 aliphatic heterocycles. The molecular formula is C17H22N2O3S. The first-order valence-electron chi connectivity index (χ1n) is 7.86. The summed E-state index contributed by atoms with van der Waals surface area (Å²) in [5, 5.41) is 8.56. The van der Waals surface area contributed by atoms with E-state index in [4.69, 9.17) is 10.00 Å². The van der Waals surface area contributed by atoms with Gasteiger partial charge in [-0.2, -0.15) is 5.26 Å². The van der Waals surface area contributed by atoms with Gasteiger partial charge in [0.15, 0.2) is 6.10 Å². The quantitative estimate of drug-likeness (QED) is 0.776. The highest BCUT2D eigenvalue weighted by atomic mass is 32.1. The molecule has 6 heteroatoms. The van der Waals surface area contributed by atoms with Gasteiger partial charge in [-0.1, -0.05) is 6.92 Å². The molecule has 0 saturated carbocycles. The molecule has 2 rings (SSSR count). The normalized spacial score (nSPS) is 17.7. The van der Waals surface area contributed by atoms with E-state index in [1.165, 1.54) is 26.7 Å². The van der Waals surface area contributed by atoms with Crippen LogP contribution in [0.3, 0.4) is 0 Å². The summed E-state index contributed by atoms with van der Waals surface area (Å²) < 4.78 is 5.30. The Morgan fingerprint density at radius 2 is 2.30 bits per heavy atom. The van der Waals surface area contributed by atoms with Crippen LogP contribution < -0.4 is 0 Å². The Balaban J connectivity index is 1.96. The fourth-order valence-corrected chi connectivity index (χ4v) is 3.81. The highest BCUT2D eigenvalue weighted by molar-refractivity contribution is 7.14. The minimum absolute atomic E-state index is 0.263. The standard InChI is InChI=1S/C17H22N2O3S/c1-11-5-6-14-13(9-11)10-15(23-14)17(21)22-12(2)16(20)19(3)8-4-7-18/h10-12H,4-6,8-9H2,1-3H3/t11-,12+/m0/s1. The number of carbonyl (C=O) groups is 2. The Kier molecular flexibility index (Phi) is 5.78. The van der Waals surface area contributed by atoms with E-state index in [-0.39, 0.29) is 12.3 Å². The minimum Gasteiger partial charge on any atom is -0.448 e. The highest BCUT2D eigenvalue weighted by Crippen LogP contribution is 2.32. The first kappa shape index (κ1) is 17.5. The monoisotopic (exact) mass is 334 g/mol. The number of esters is 1. The fourth-order valence-electron chi connectivity index (χ4n) is 2.71. The number of likely N-dealkylation sites (N-methyl/N-ethyl adjacent to an activating group) is 1. The second-order valence-corrected chi connectivity index (χ2v) is 7.26. The molecule has 1 heterocycles. The Morgan fingerprint density at radius 3 is 3.00 bits per heavy atom. The molecule has 0 spiro atoms. The van der Waals surface area contributed by atoms with Crippen molar-refractivity contribution < 1.29 is 14.3 Å². The van der Waals surface area contributed by atoms with Crippen molar-refractivity contribution in [3.8, 4) is 6.07 Å². The Morgan fingerprint density at radius 1 is 1.57 bits per heavy atom. The van der Waals surface area contributed by atoms with Gasteiger partial charge in [-0.25, -0.2) is 4.79 Å². The number of aryl methyl sites for hydroxylation is 1. The maximum absolute atomic E-state index is 12.3. The lowest BCUT2D eigenvalue weighted by Crippen LogP contribution is -2.37. The summed E-state index contributed by atoms with van der Waals surface area (Å²) in [6.07, 6.45) is 2.59. The van der Waals surface area contributed by atoms with E-state index in [2.05, 4.69) is 6.92 Å². The minimum atomic E-state index is -0.843. The molecule has 1 aliphatic carbocycles. The van der Waals surface area contributed by atoms with Gasteiger partial charge in [0.2, 0.25) is 0 Å². The molecular weight excluding hydrogens is 312 g/mol. The SMILES string of the molecule is C[C@H]1CCc2sc(C(=O)O[C@H](C)C(=O)N(C)CCC#N)cc2C1. The molecule has 0 saturated heterocycles. The van der Waals surface area contributed by atoms with Crippen molar-refractivity contribution in [1.29, 1.82) is 5.26 Å². The van der Waals surface area contributed by atoms with E-state index in [9.17, 15) is 9.59 Å². The third-order valence-corrected chi connectivity index (χ3v) is 5.31. The second-order valence-electron chi connectivity index (χ2n) is 6.12. The number of nitriles is 1. The molecule has 23 heavy (non-hydrogen) atoms. The van der Waals surface area contributed by atoms with Gasteiger partial charge < -0.3 is 9.64 Å². The average molecular weight is 334 g/mol. The molecule has 0 aromatic carbocycles. The number of ether oxygens (including phenoxy) is 1. The van der Waals surface area contributed by atoms with Gasteiger partial charge in [-0.05, 0) is 43.7 Å². The summed E-state index contributed by atoms with van der Waals surface area (Å²) in [6, 6.07) is 3.90. The largest absolute Gasteiger partial charge is 0.448 e. The van der Waals surface area contributed by atoms with Crippen molar-refractivity contribution in [3.63, 3.8) is 0 Å². The molecule has 1 amide bonds. The van der Waals surface area contributed by atoms with E-state index >= 15 is 0 Å². The second kappa shape index (κ2) is 7.60. The predicted octanol–water partition coefficient (Wildman–Crippen LogP) is 2.79. The summed E-state index contributed by atoms with van der Waals surface area (Å²) >= 11 is 1.48. The maximum atomic E-state index is 12.3. The van der Waals surface area contributed by atoms with Gasteiger partial charge in [0, 0.05) is 18.5 Å². The third-order valence-electron chi connectivity index (χ3n) is 4.10. The third kappa shape index (κ3) is 4.32. The number of fused-ring (bicyclic) bond motifs is 1. The van der Waals surface area contributed by atoms with Crippen LogP contribution in [0, 0.1) is 17.2 Å². The molecule has 2 atom stereocenters. The van der Waals surface area contributed by atoms with Gasteiger partial charge in [0.1, 0.15) is 4.88 Å². The van der Waals surface area contributed by atoms with Crippen LogP contribution in [-0.2, 0) is 22.4 Å². The van der Waals surface area contributed by atoms with Gasteiger partial charge in [0.25, 0.3) is 5.91 Å². The summed E-state index contributed by atoms with van der Waals surface area (Å²) in [4.78, 5) is 27.6. The van der Waals surface area contributed by atoms with Crippen molar-refractivity contribution >= 4 is 23.2 Å². The van der Waals surface area contributed by atoms with Crippen LogP contribution in [-0.4, -0.2) is 36.5 Å². The first-order valence-corrected chi connectivity index (χ1v) is 8.68. The van der Waals surface area contributed by atoms with Crippen LogP contribution in [0.4, 0.5) is 0 Å². The van der Waals surface area contributed by atoms with Gasteiger partial charge in [-0.3, -0.25) is 4.79 Å². The Bertz CT molecular complexity index is 632. The number of thiophene rings is 1. The molecule has 0 unspecified atom stereocenters. The first-order chi connectivity index (χ1) is 10.9. The topological polar surface area (TPSA) is 70.4 Å². The molecule has 0 N–H and O–H groups in total. The zero-order valence-electron chi connectivity index (χ0n) is 13.8. The van der Waals surface area contributed by atoms with E-state index in [0.717, 1.165) is 19.3 Å². The number of amides is 1. The Labute approximate surface area is 140 Å². The van der Waals surface area contributed by atoms with Gasteiger partial charge in [0.05, 0.1) is 12.5 Å². The van der Waals surface area contributed by atoms with Crippen molar-refractivity contribution in [2.75, 3.05) is 13.6 Å². The molecule has 0 bridgehead atoms. The van der Waals surface area contributed by atoms with E-state index in [1.807, 2.05) is 12.1 Å². The van der Waals surface area contributed by atoms with Crippen LogP contribution in [0.1, 0.15) is 46.8 Å². The van der Waals surface area contributed by atoms with Crippen LogP contribution in [0.2, 0.25) is 0 Å². The number of hydrogen-bond acceptors (Lipinski definition) is 5. The molecule has 0 radical (unpaired) electrons. The lowest BCUT2D eigenvalue weighted by atomic mass is 9.90. The molecule has 0 fully saturated rings. The fraction of sp³-hybridized carbons (Fsp3) is 0.588. The lowest BCUT2D eigenvalue weighted by molar-refractivity contribution is -0.138.